The molecule has 0 aliphatic carbocycles. The summed E-state index contributed by atoms with van der Waals surface area (Å²) >= 11 is 1.23. The fourth-order valence-corrected chi connectivity index (χ4v) is 3.63. The highest BCUT2D eigenvalue weighted by atomic mass is 32.1. The number of anilines is 1. The Morgan fingerprint density at radius 2 is 2.12 bits per heavy atom. The Hall–Kier alpha value is -2.25. The molecule has 0 radical (unpaired) electrons. The van der Waals surface area contributed by atoms with Crippen molar-refractivity contribution in [2.45, 2.75) is 25.9 Å². The summed E-state index contributed by atoms with van der Waals surface area (Å²) in [4.78, 5) is 24.7. The van der Waals surface area contributed by atoms with Crippen LogP contribution in [0.2, 0.25) is 0 Å². The van der Waals surface area contributed by atoms with Crippen LogP contribution >= 0.6 is 11.3 Å². The van der Waals surface area contributed by atoms with Gasteiger partial charge in [-0.3, -0.25) is 4.79 Å². The zero-order chi connectivity index (χ0) is 17.8. The largest absolute Gasteiger partial charge is 0.462 e. The first kappa shape index (κ1) is 17.6. The second kappa shape index (κ2) is 7.76. The van der Waals surface area contributed by atoms with E-state index in [0.717, 1.165) is 6.42 Å². The molecule has 0 spiro atoms. The lowest BCUT2D eigenvalue weighted by molar-refractivity contribution is -0.124. The number of amides is 1. The van der Waals surface area contributed by atoms with Crippen LogP contribution in [0.4, 0.5) is 9.39 Å². The van der Waals surface area contributed by atoms with Crippen molar-refractivity contribution in [1.82, 2.24) is 0 Å². The number of benzene rings is 1. The molecule has 1 aliphatic rings. The van der Waals surface area contributed by atoms with Crippen molar-refractivity contribution in [2.24, 2.45) is 0 Å². The average Bonchev–Trinajstić information content (AvgIpc) is 3.25. The Morgan fingerprint density at radius 3 is 2.76 bits per heavy atom. The van der Waals surface area contributed by atoms with Crippen molar-refractivity contribution < 1.29 is 23.5 Å². The summed E-state index contributed by atoms with van der Waals surface area (Å²) in [6, 6.07) is 5.83. The predicted octanol–water partition coefficient (Wildman–Crippen LogP) is 3.85. The Balaban J connectivity index is 1.93. The predicted molar refractivity (Wildman–Crippen MR) is 93.3 cm³/mol. The lowest BCUT2D eigenvalue weighted by Gasteiger charge is -2.11. The highest BCUT2D eigenvalue weighted by Gasteiger charge is 2.27. The number of hydrogen-bond acceptors (Lipinski definition) is 5. The molecule has 2 aromatic rings. The minimum absolute atomic E-state index is 0.219. The van der Waals surface area contributed by atoms with Crippen LogP contribution < -0.4 is 5.32 Å². The molecule has 0 bridgehead atoms. The number of rotatable bonds is 5. The third-order valence-corrected chi connectivity index (χ3v) is 4.78. The summed E-state index contributed by atoms with van der Waals surface area (Å²) < 4.78 is 23.7. The molecular weight excluding hydrogens is 345 g/mol. The van der Waals surface area contributed by atoms with Gasteiger partial charge in [-0.25, -0.2) is 9.18 Å². The molecule has 1 saturated heterocycles. The lowest BCUT2D eigenvalue weighted by atomic mass is 10.0. The molecule has 2 heterocycles. The molecule has 1 fully saturated rings. The van der Waals surface area contributed by atoms with Crippen molar-refractivity contribution in [2.75, 3.05) is 18.5 Å². The van der Waals surface area contributed by atoms with Crippen molar-refractivity contribution in [3.63, 3.8) is 0 Å². The van der Waals surface area contributed by atoms with Gasteiger partial charge in [0.25, 0.3) is 5.91 Å². The second-order valence-corrected chi connectivity index (χ2v) is 6.45. The van der Waals surface area contributed by atoms with Gasteiger partial charge in [0.1, 0.15) is 22.5 Å². The SMILES string of the molecule is CCOC(=O)c1c(-c2ccc(F)cc2)csc1NC(=O)[C@@H]1CCCO1. The lowest BCUT2D eigenvalue weighted by Crippen LogP contribution is -2.27. The molecule has 25 heavy (non-hydrogen) atoms. The third-order valence-electron chi connectivity index (χ3n) is 3.88. The van der Waals surface area contributed by atoms with E-state index < -0.39 is 12.1 Å². The molecule has 3 rings (SSSR count). The van der Waals surface area contributed by atoms with Crippen LogP contribution in [0.1, 0.15) is 30.1 Å². The number of carbonyl (C=O) groups excluding carboxylic acids is 2. The molecule has 1 aromatic heterocycles. The van der Waals surface area contributed by atoms with Crippen molar-refractivity contribution >= 4 is 28.2 Å². The molecule has 1 aromatic carbocycles. The van der Waals surface area contributed by atoms with Crippen LogP contribution in [-0.2, 0) is 14.3 Å². The van der Waals surface area contributed by atoms with Crippen LogP contribution in [-0.4, -0.2) is 31.2 Å². The summed E-state index contributed by atoms with van der Waals surface area (Å²) in [6.45, 7) is 2.50. The number of thiophene rings is 1. The van der Waals surface area contributed by atoms with E-state index in [0.29, 0.717) is 29.2 Å². The summed E-state index contributed by atoms with van der Waals surface area (Å²) in [5.74, 6) is -1.15. The Bertz CT molecular complexity index is 766. The van der Waals surface area contributed by atoms with Crippen LogP contribution in [0.15, 0.2) is 29.6 Å². The topological polar surface area (TPSA) is 64.6 Å². The third kappa shape index (κ3) is 3.88. The number of halogens is 1. The van der Waals surface area contributed by atoms with E-state index in [2.05, 4.69) is 5.32 Å². The summed E-state index contributed by atoms with van der Waals surface area (Å²) in [7, 11) is 0. The van der Waals surface area contributed by atoms with E-state index in [1.54, 1.807) is 24.4 Å². The Labute approximate surface area is 148 Å². The average molecular weight is 363 g/mol. The van der Waals surface area contributed by atoms with Gasteiger partial charge in [-0.2, -0.15) is 0 Å². The quantitative estimate of drug-likeness (QED) is 0.820. The maximum atomic E-state index is 13.2. The van der Waals surface area contributed by atoms with Crippen LogP contribution in [0.5, 0.6) is 0 Å². The first-order chi connectivity index (χ1) is 12.1. The van der Waals surface area contributed by atoms with Gasteiger partial charge in [0.05, 0.1) is 6.61 Å². The van der Waals surface area contributed by atoms with Gasteiger partial charge in [-0.1, -0.05) is 12.1 Å². The van der Waals surface area contributed by atoms with E-state index in [-0.39, 0.29) is 23.9 Å². The molecule has 1 aliphatic heterocycles. The van der Waals surface area contributed by atoms with Crippen molar-refractivity contribution in [3.8, 4) is 11.1 Å². The van der Waals surface area contributed by atoms with Crippen molar-refractivity contribution in [3.05, 3.63) is 41.0 Å². The second-order valence-electron chi connectivity index (χ2n) is 5.57. The highest BCUT2D eigenvalue weighted by molar-refractivity contribution is 7.15. The standard InChI is InChI=1S/C18H18FNO4S/c1-2-23-18(22)15-13(11-5-7-12(19)8-6-11)10-25-17(15)20-16(21)14-4-3-9-24-14/h5-8,10,14H,2-4,9H2,1H3,(H,20,21)/t14-/m0/s1. The number of nitrogens with one attached hydrogen (secondary N) is 1. The van der Waals surface area contributed by atoms with Gasteiger partial charge < -0.3 is 14.8 Å². The van der Waals surface area contributed by atoms with E-state index in [1.165, 1.54) is 23.5 Å². The molecule has 0 unspecified atom stereocenters. The maximum Gasteiger partial charge on any atom is 0.341 e. The normalized spacial score (nSPS) is 16.6. The molecular formula is C18H18FNO4S. The fourth-order valence-electron chi connectivity index (χ4n) is 2.67. The van der Waals surface area contributed by atoms with Gasteiger partial charge in [-0.15, -0.1) is 11.3 Å². The van der Waals surface area contributed by atoms with Crippen LogP contribution in [0, 0.1) is 5.82 Å². The first-order valence-corrected chi connectivity index (χ1v) is 8.95. The van der Waals surface area contributed by atoms with Gasteiger partial charge in [0.2, 0.25) is 0 Å². The molecule has 1 N–H and O–H groups in total. The van der Waals surface area contributed by atoms with Gasteiger partial charge in [0, 0.05) is 17.6 Å². The zero-order valence-electron chi connectivity index (χ0n) is 13.7. The molecule has 1 amide bonds. The number of esters is 1. The van der Waals surface area contributed by atoms with E-state index in [4.69, 9.17) is 9.47 Å². The van der Waals surface area contributed by atoms with Crippen LogP contribution in [0.3, 0.4) is 0 Å². The molecule has 0 saturated carbocycles. The van der Waals surface area contributed by atoms with Gasteiger partial charge >= 0.3 is 5.97 Å². The van der Waals surface area contributed by atoms with Gasteiger partial charge in [0.15, 0.2) is 0 Å². The van der Waals surface area contributed by atoms with E-state index >= 15 is 0 Å². The zero-order valence-corrected chi connectivity index (χ0v) is 14.5. The monoisotopic (exact) mass is 363 g/mol. The van der Waals surface area contributed by atoms with Crippen molar-refractivity contribution in [1.29, 1.82) is 0 Å². The Kier molecular flexibility index (Phi) is 5.45. The first-order valence-electron chi connectivity index (χ1n) is 8.07. The summed E-state index contributed by atoms with van der Waals surface area (Å²) in [6.07, 6.45) is 1.01. The minimum Gasteiger partial charge on any atom is -0.462 e. The number of carbonyl (C=O) groups is 2. The Morgan fingerprint density at radius 1 is 1.36 bits per heavy atom. The number of ether oxygens (including phenoxy) is 2. The van der Waals surface area contributed by atoms with Gasteiger partial charge in [-0.05, 0) is 37.5 Å². The smallest absolute Gasteiger partial charge is 0.341 e. The summed E-state index contributed by atoms with van der Waals surface area (Å²) in [5.41, 5.74) is 1.56. The number of hydrogen-bond donors (Lipinski definition) is 1. The minimum atomic E-state index is -0.522. The molecule has 5 nitrogen and oxygen atoms in total. The molecule has 132 valence electrons. The molecule has 1 atom stereocenters. The fraction of sp³-hybridized carbons (Fsp3) is 0.333. The highest BCUT2D eigenvalue weighted by Crippen LogP contribution is 2.36. The molecule has 7 heteroatoms. The van der Waals surface area contributed by atoms with Crippen LogP contribution in [0.25, 0.3) is 11.1 Å². The van der Waals surface area contributed by atoms with E-state index in [9.17, 15) is 14.0 Å². The summed E-state index contributed by atoms with van der Waals surface area (Å²) in [5, 5.41) is 4.94. The maximum absolute atomic E-state index is 13.2. The van der Waals surface area contributed by atoms with E-state index in [1.807, 2.05) is 0 Å².